The van der Waals surface area contributed by atoms with Gasteiger partial charge in [-0.05, 0) is 24.5 Å². The third-order valence-corrected chi connectivity index (χ3v) is 2.87. The normalized spacial score (nSPS) is 16.5. The molecule has 1 fully saturated rings. The first-order valence-corrected chi connectivity index (χ1v) is 4.89. The average molecular weight is 200 g/mol. The van der Waals surface area contributed by atoms with Crippen LogP contribution in [0.4, 0.5) is 0 Å². The van der Waals surface area contributed by atoms with Crippen molar-refractivity contribution in [3.8, 4) is 12.3 Å². The molecule has 0 aliphatic heterocycles. The molecule has 0 bridgehead atoms. The summed E-state index contributed by atoms with van der Waals surface area (Å²) in [4.78, 5) is 11.5. The van der Waals surface area contributed by atoms with Crippen LogP contribution in [-0.4, -0.2) is 13.1 Å². The molecule has 15 heavy (non-hydrogen) atoms. The third-order valence-electron chi connectivity index (χ3n) is 2.87. The zero-order chi connectivity index (χ0) is 10.9. The molecule has 0 saturated heterocycles. The number of benzene rings is 1. The van der Waals surface area contributed by atoms with Crippen LogP contribution in [0.15, 0.2) is 24.3 Å². The van der Waals surface area contributed by atoms with E-state index in [9.17, 15) is 4.79 Å². The van der Waals surface area contributed by atoms with Gasteiger partial charge in [0.15, 0.2) is 0 Å². The summed E-state index contributed by atoms with van der Waals surface area (Å²) in [7, 11) is 1.38. The first kappa shape index (κ1) is 9.79. The molecule has 0 atom stereocenters. The van der Waals surface area contributed by atoms with E-state index in [1.54, 1.807) is 6.07 Å². The molecule has 2 heteroatoms. The van der Waals surface area contributed by atoms with Crippen molar-refractivity contribution in [3.05, 3.63) is 35.4 Å². The number of esters is 1. The second-order valence-corrected chi connectivity index (χ2v) is 3.76. The lowest BCUT2D eigenvalue weighted by Crippen LogP contribution is -2.12. The molecule has 0 heterocycles. The Labute approximate surface area is 89.3 Å². The minimum Gasteiger partial charge on any atom is -0.465 e. The minimum absolute atomic E-state index is 0.217. The highest BCUT2D eigenvalue weighted by atomic mass is 16.5. The molecule has 1 aliphatic carbocycles. The van der Waals surface area contributed by atoms with Crippen molar-refractivity contribution in [3.63, 3.8) is 0 Å². The number of rotatable bonds is 2. The van der Waals surface area contributed by atoms with Gasteiger partial charge < -0.3 is 4.74 Å². The first-order valence-electron chi connectivity index (χ1n) is 4.89. The Morgan fingerprint density at radius 1 is 1.47 bits per heavy atom. The summed E-state index contributed by atoms with van der Waals surface area (Å²) in [5, 5.41) is 0. The Morgan fingerprint density at radius 3 is 2.67 bits per heavy atom. The van der Waals surface area contributed by atoms with Crippen molar-refractivity contribution in [1.29, 1.82) is 0 Å². The van der Waals surface area contributed by atoms with Gasteiger partial charge in [-0.15, -0.1) is 6.42 Å². The molecule has 1 aromatic carbocycles. The van der Waals surface area contributed by atoms with Crippen LogP contribution in [0.2, 0.25) is 0 Å². The topological polar surface area (TPSA) is 26.3 Å². The number of carbonyl (C=O) groups excluding carboxylic acids is 1. The van der Waals surface area contributed by atoms with E-state index in [2.05, 4.69) is 5.92 Å². The molecule has 0 unspecified atom stereocenters. The SMILES string of the molecule is C#CC1(c2ccccc2C(=O)OC)CC1. The Bertz CT molecular complexity index is 436. The summed E-state index contributed by atoms with van der Waals surface area (Å²) in [5.74, 6) is 2.47. The second kappa shape index (κ2) is 3.43. The highest BCUT2D eigenvalue weighted by molar-refractivity contribution is 5.92. The summed E-state index contributed by atoms with van der Waals surface area (Å²) < 4.78 is 4.74. The molecular formula is C13H12O2. The third kappa shape index (κ3) is 1.50. The van der Waals surface area contributed by atoms with Crippen molar-refractivity contribution >= 4 is 5.97 Å². The Hall–Kier alpha value is -1.75. The van der Waals surface area contributed by atoms with Crippen LogP contribution in [0.1, 0.15) is 28.8 Å². The predicted octanol–water partition coefficient (Wildman–Crippen LogP) is 2.14. The summed E-state index contributed by atoms with van der Waals surface area (Å²) in [6.07, 6.45) is 7.42. The monoisotopic (exact) mass is 200 g/mol. The van der Waals surface area contributed by atoms with Gasteiger partial charge in [-0.3, -0.25) is 0 Å². The fraction of sp³-hybridized carbons (Fsp3) is 0.308. The summed E-state index contributed by atoms with van der Waals surface area (Å²) in [6, 6.07) is 7.40. The van der Waals surface area contributed by atoms with E-state index in [0.29, 0.717) is 5.56 Å². The number of hydrogen-bond donors (Lipinski definition) is 0. The van der Waals surface area contributed by atoms with E-state index >= 15 is 0 Å². The van der Waals surface area contributed by atoms with Crippen LogP contribution in [-0.2, 0) is 10.2 Å². The lowest BCUT2D eigenvalue weighted by atomic mass is 9.92. The van der Waals surface area contributed by atoms with Gasteiger partial charge in [-0.25, -0.2) is 4.79 Å². The van der Waals surface area contributed by atoms with E-state index in [-0.39, 0.29) is 11.4 Å². The molecule has 2 rings (SSSR count). The molecule has 0 spiro atoms. The zero-order valence-electron chi connectivity index (χ0n) is 8.62. The predicted molar refractivity (Wildman–Crippen MR) is 57.5 cm³/mol. The summed E-state index contributed by atoms with van der Waals surface area (Å²) >= 11 is 0. The first-order chi connectivity index (χ1) is 7.23. The second-order valence-electron chi connectivity index (χ2n) is 3.76. The van der Waals surface area contributed by atoms with Crippen LogP contribution in [0.25, 0.3) is 0 Å². The van der Waals surface area contributed by atoms with Gasteiger partial charge in [0, 0.05) is 0 Å². The van der Waals surface area contributed by atoms with Crippen LogP contribution in [0.5, 0.6) is 0 Å². The van der Waals surface area contributed by atoms with E-state index in [1.165, 1.54) is 7.11 Å². The minimum atomic E-state index is -0.313. The molecule has 1 saturated carbocycles. The molecule has 0 aromatic heterocycles. The largest absolute Gasteiger partial charge is 0.465 e. The van der Waals surface area contributed by atoms with Gasteiger partial charge in [-0.1, -0.05) is 24.1 Å². The number of carbonyl (C=O) groups is 1. The summed E-state index contributed by atoms with van der Waals surface area (Å²) in [6.45, 7) is 0. The zero-order valence-corrected chi connectivity index (χ0v) is 8.62. The smallest absolute Gasteiger partial charge is 0.338 e. The molecule has 1 aliphatic rings. The Morgan fingerprint density at radius 2 is 2.13 bits per heavy atom. The molecule has 0 radical (unpaired) electrons. The quantitative estimate of drug-likeness (QED) is 0.540. The van der Waals surface area contributed by atoms with Gasteiger partial charge in [0.2, 0.25) is 0 Å². The van der Waals surface area contributed by atoms with Gasteiger partial charge in [0.1, 0.15) is 0 Å². The lowest BCUT2D eigenvalue weighted by Gasteiger charge is -2.12. The summed E-state index contributed by atoms with van der Waals surface area (Å²) in [5.41, 5.74) is 1.31. The van der Waals surface area contributed by atoms with Crippen LogP contribution >= 0.6 is 0 Å². The van der Waals surface area contributed by atoms with Gasteiger partial charge in [0.05, 0.1) is 18.1 Å². The van der Waals surface area contributed by atoms with E-state index in [0.717, 1.165) is 18.4 Å². The number of hydrogen-bond acceptors (Lipinski definition) is 2. The van der Waals surface area contributed by atoms with Crippen molar-refractivity contribution in [2.75, 3.05) is 7.11 Å². The van der Waals surface area contributed by atoms with Crippen molar-refractivity contribution in [2.24, 2.45) is 0 Å². The maximum atomic E-state index is 11.5. The lowest BCUT2D eigenvalue weighted by molar-refractivity contribution is 0.0599. The standard InChI is InChI=1S/C13H12O2/c1-3-13(8-9-13)11-7-5-4-6-10(11)12(14)15-2/h1,4-7H,8-9H2,2H3. The number of methoxy groups -OCH3 is 1. The molecule has 1 aromatic rings. The van der Waals surface area contributed by atoms with Gasteiger partial charge >= 0.3 is 5.97 Å². The molecule has 2 nitrogen and oxygen atoms in total. The van der Waals surface area contributed by atoms with Crippen LogP contribution in [0.3, 0.4) is 0 Å². The maximum Gasteiger partial charge on any atom is 0.338 e. The Balaban J connectivity index is 2.49. The molecule has 0 N–H and O–H groups in total. The van der Waals surface area contributed by atoms with Crippen molar-refractivity contribution in [2.45, 2.75) is 18.3 Å². The van der Waals surface area contributed by atoms with E-state index in [1.807, 2.05) is 18.2 Å². The van der Waals surface area contributed by atoms with Crippen molar-refractivity contribution in [1.82, 2.24) is 0 Å². The van der Waals surface area contributed by atoms with E-state index < -0.39 is 0 Å². The van der Waals surface area contributed by atoms with Crippen LogP contribution < -0.4 is 0 Å². The fourth-order valence-corrected chi connectivity index (χ4v) is 1.80. The van der Waals surface area contributed by atoms with Gasteiger partial charge in [-0.2, -0.15) is 0 Å². The maximum absolute atomic E-state index is 11.5. The average Bonchev–Trinajstić information content (AvgIpc) is 3.09. The number of terminal acetylenes is 1. The molecular weight excluding hydrogens is 188 g/mol. The van der Waals surface area contributed by atoms with Gasteiger partial charge in [0.25, 0.3) is 0 Å². The highest BCUT2D eigenvalue weighted by Crippen LogP contribution is 2.48. The molecule has 76 valence electrons. The van der Waals surface area contributed by atoms with Crippen LogP contribution in [0, 0.1) is 12.3 Å². The Kier molecular flexibility index (Phi) is 2.24. The highest BCUT2D eigenvalue weighted by Gasteiger charge is 2.44. The fourth-order valence-electron chi connectivity index (χ4n) is 1.80. The van der Waals surface area contributed by atoms with E-state index in [4.69, 9.17) is 11.2 Å². The number of ether oxygens (including phenoxy) is 1. The molecule has 0 amide bonds. The van der Waals surface area contributed by atoms with Crippen molar-refractivity contribution < 1.29 is 9.53 Å².